The molecule has 0 fully saturated rings. The average Bonchev–Trinajstić information content (AvgIpc) is 2.47. The molecule has 4 nitrogen and oxygen atoms in total. The van der Waals surface area contributed by atoms with Crippen molar-refractivity contribution in [1.82, 2.24) is 4.98 Å². The molecule has 2 rings (SSSR count). The number of carbonyl (C=O) groups is 1. The Morgan fingerprint density at radius 1 is 1.30 bits per heavy atom. The molecule has 0 aliphatic rings. The van der Waals surface area contributed by atoms with E-state index in [2.05, 4.69) is 10.3 Å². The topological polar surface area (TPSA) is 45.2 Å². The van der Waals surface area contributed by atoms with E-state index in [1.54, 1.807) is 18.3 Å². The number of benzene rings is 1. The first kappa shape index (κ1) is 14.3. The number of alkyl halides is 1. The zero-order valence-corrected chi connectivity index (χ0v) is 12.2. The summed E-state index contributed by atoms with van der Waals surface area (Å²) in [6, 6.07) is 10.9. The van der Waals surface area contributed by atoms with Gasteiger partial charge in [-0.25, -0.2) is 4.98 Å². The van der Waals surface area contributed by atoms with Crippen LogP contribution in [0.15, 0.2) is 42.6 Å². The molecule has 0 aliphatic carbocycles. The highest BCUT2D eigenvalue weighted by Gasteiger charge is 2.07. The fourth-order valence-electron chi connectivity index (χ4n) is 1.72. The normalized spacial score (nSPS) is 10.2. The van der Waals surface area contributed by atoms with E-state index in [1.807, 2.05) is 43.3 Å². The fourth-order valence-corrected chi connectivity index (χ4v) is 1.89. The summed E-state index contributed by atoms with van der Waals surface area (Å²) in [5, 5.41) is 2.81. The van der Waals surface area contributed by atoms with Gasteiger partial charge < -0.3 is 10.2 Å². The van der Waals surface area contributed by atoms with Crippen LogP contribution in [-0.2, 0) is 5.88 Å². The van der Waals surface area contributed by atoms with Gasteiger partial charge in [-0.05, 0) is 29.8 Å². The van der Waals surface area contributed by atoms with E-state index in [0.29, 0.717) is 17.1 Å². The standard InChI is InChI=1S/C15H16ClN3O/c1-19(2)14-7-6-13(10-17-14)18-15(20)12-5-3-4-11(8-12)9-16/h3-8,10H,9H2,1-2H3,(H,18,20). The zero-order valence-electron chi connectivity index (χ0n) is 11.4. The van der Waals surface area contributed by atoms with Crippen molar-refractivity contribution in [3.05, 3.63) is 53.7 Å². The van der Waals surface area contributed by atoms with Gasteiger partial charge in [0.25, 0.3) is 5.91 Å². The van der Waals surface area contributed by atoms with Crippen molar-refractivity contribution in [2.24, 2.45) is 0 Å². The number of carbonyl (C=O) groups excluding carboxylic acids is 1. The van der Waals surface area contributed by atoms with Gasteiger partial charge in [0.15, 0.2) is 0 Å². The predicted octanol–water partition coefficient (Wildman–Crippen LogP) is 3.14. The van der Waals surface area contributed by atoms with Gasteiger partial charge in [0.1, 0.15) is 5.82 Å². The van der Waals surface area contributed by atoms with Crippen molar-refractivity contribution in [2.75, 3.05) is 24.3 Å². The third-order valence-electron chi connectivity index (χ3n) is 2.81. The lowest BCUT2D eigenvalue weighted by Gasteiger charge is -2.11. The van der Waals surface area contributed by atoms with Crippen LogP contribution in [0.25, 0.3) is 0 Å². The Morgan fingerprint density at radius 2 is 2.10 bits per heavy atom. The van der Waals surface area contributed by atoms with Crippen LogP contribution in [-0.4, -0.2) is 25.0 Å². The number of anilines is 2. The summed E-state index contributed by atoms with van der Waals surface area (Å²) in [6.07, 6.45) is 1.64. The lowest BCUT2D eigenvalue weighted by atomic mass is 10.1. The van der Waals surface area contributed by atoms with Gasteiger partial charge in [-0.1, -0.05) is 12.1 Å². The van der Waals surface area contributed by atoms with E-state index in [9.17, 15) is 4.79 Å². The minimum Gasteiger partial charge on any atom is -0.363 e. The first-order valence-corrected chi connectivity index (χ1v) is 6.73. The van der Waals surface area contributed by atoms with E-state index in [4.69, 9.17) is 11.6 Å². The SMILES string of the molecule is CN(C)c1ccc(NC(=O)c2cccc(CCl)c2)cn1. The smallest absolute Gasteiger partial charge is 0.255 e. The summed E-state index contributed by atoms with van der Waals surface area (Å²) in [5.41, 5.74) is 2.16. The summed E-state index contributed by atoms with van der Waals surface area (Å²) < 4.78 is 0. The van der Waals surface area contributed by atoms with Gasteiger partial charge in [0, 0.05) is 25.5 Å². The molecule has 2 aromatic rings. The maximum absolute atomic E-state index is 12.1. The summed E-state index contributed by atoms with van der Waals surface area (Å²) >= 11 is 5.76. The number of amides is 1. The zero-order chi connectivity index (χ0) is 14.5. The van der Waals surface area contributed by atoms with Gasteiger partial charge >= 0.3 is 0 Å². The minimum absolute atomic E-state index is 0.170. The third kappa shape index (κ3) is 3.48. The molecule has 5 heteroatoms. The van der Waals surface area contributed by atoms with Crippen LogP contribution in [0.5, 0.6) is 0 Å². The lowest BCUT2D eigenvalue weighted by Crippen LogP contribution is -2.13. The quantitative estimate of drug-likeness (QED) is 0.880. The largest absolute Gasteiger partial charge is 0.363 e. The molecule has 0 spiro atoms. The van der Waals surface area contributed by atoms with Crippen molar-refractivity contribution in [3.63, 3.8) is 0 Å². The first-order chi connectivity index (χ1) is 9.60. The molecule has 20 heavy (non-hydrogen) atoms. The summed E-state index contributed by atoms with van der Waals surface area (Å²) in [7, 11) is 3.83. The molecule has 1 heterocycles. The van der Waals surface area contributed by atoms with Crippen LogP contribution >= 0.6 is 11.6 Å². The second-order valence-corrected chi connectivity index (χ2v) is 4.85. The number of aromatic nitrogens is 1. The number of hydrogen-bond donors (Lipinski definition) is 1. The van der Waals surface area contributed by atoms with Gasteiger partial charge in [-0.3, -0.25) is 4.79 Å². The Balaban J connectivity index is 2.10. The minimum atomic E-state index is -0.170. The molecular formula is C15H16ClN3O. The fraction of sp³-hybridized carbons (Fsp3) is 0.200. The van der Waals surface area contributed by atoms with Crippen molar-refractivity contribution >= 4 is 29.0 Å². The van der Waals surface area contributed by atoms with Crippen LogP contribution in [0, 0.1) is 0 Å². The Kier molecular flexibility index (Phi) is 4.58. The molecule has 104 valence electrons. The predicted molar refractivity (Wildman–Crippen MR) is 82.5 cm³/mol. The molecule has 0 bridgehead atoms. The van der Waals surface area contributed by atoms with Crippen molar-refractivity contribution in [2.45, 2.75) is 5.88 Å². The van der Waals surface area contributed by atoms with Crippen LogP contribution in [0.3, 0.4) is 0 Å². The molecule has 0 aliphatic heterocycles. The van der Waals surface area contributed by atoms with Gasteiger partial charge in [0.05, 0.1) is 11.9 Å². The molecule has 1 aromatic carbocycles. The Morgan fingerprint density at radius 3 is 2.70 bits per heavy atom. The lowest BCUT2D eigenvalue weighted by molar-refractivity contribution is 0.102. The molecule has 0 saturated carbocycles. The Hall–Kier alpha value is -2.07. The average molecular weight is 290 g/mol. The molecule has 0 atom stereocenters. The Labute approximate surface area is 123 Å². The van der Waals surface area contributed by atoms with Crippen LogP contribution in [0.2, 0.25) is 0 Å². The molecule has 0 radical (unpaired) electrons. The van der Waals surface area contributed by atoms with Crippen molar-refractivity contribution in [3.8, 4) is 0 Å². The van der Waals surface area contributed by atoms with E-state index in [0.717, 1.165) is 11.4 Å². The molecule has 1 amide bonds. The highest BCUT2D eigenvalue weighted by Crippen LogP contribution is 2.14. The van der Waals surface area contributed by atoms with Crippen LogP contribution in [0.4, 0.5) is 11.5 Å². The van der Waals surface area contributed by atoms with E-state index in [-0.39, 0.29) is 5.91 Å². The van der Waals surface area contributed by atoms with Crippen molar-refractivity contribution in [1.29, 1.82) is 0 Å². The van der Waals surface area contributed by atoms with Crippen LogP contribution in [0.1, 0.15) is 15.9 Å². The number of rotatable bonds is 4. The van der Waals surface area contributed by atoms with E-state index in [1.165, 1.54) is 0 Å². The molecule has 1 N–H and O–H groups in total. The van der Waals surface area contributed by atoms with Gasteiger partial charge in [-0.2, -0.15) is 0 Å². The van der Waals surface area contributed by atoms with E-state index < -0.39 is 0 Å². The van der Waals surface area contributed by atoms with Gasteiger partial charge in [0.2, 0.25) is 0 Å². The van der Waals surface area contributed by atoms with Crippen LogP contribution < -0.4 is 10.2 Å². The maximum Gasteiger partial charge on any atom is 0.255 e. The number of halogens is 1. The molecule has 0 unspecified atom stereocenters. The number of nitrogens with zero attached hydrogens (tertiary/aromatic N) is 2. The summed E-state index contributed by atoms with van der Waals surface area (Å²) in [4.78, 5) is 18.3. The first-order valence-electron chi connectivity index (χ1n) is 6.20. The van der Waals surface area contributed by atoms with E-state index >= 15 is 0 Å². The Bertz CT molecular complexity index is 596. The highest BCUT2D eigenvalue weighted by molar-refractivity contribution is 6.17. The second-order valence-electron chi connectivity index (χ2n) is 4.59. The maximum atomic E-state index is 12.1. The van der Waals surface area contributed by atoms with Crippen molar-refractivity contribution < 1.29 is 4.79 Å². The van der Waals surface area contributed by atoms with Gasteiger partial charge in [-0.15, -0.1) is 11.6 Å². The highest BCUT2D eigenvalue weighted by atomic mass is 35.5. The second kappa shape index (κ2) is 6.39. The number of pyridine rings is 1. The third-order valence-corrected chi connectivity index (χ3v) is 3.12. The molecule has 1 aromatic heterocycles. The number of nitrogens with one attached hydrogen (secondary N) is 1. The summed E-state index contributed by atoms with van der Waals surface area (Å²) in [6.45, 7) is 0. The molecule has 0 saturated heterocycles. The summed E-state index contributed by atoms with van der Waals surface area (Å²) in [5.74, 6) is 1.06. The number of hydrogen-bond acceptors (Lipinski definition) is 3. The molecular weight excluding hydrogens is 274 g/mol. The monoisotopic (exact) mass is 289 g/mol.